The monoisotopic (exact) mass is 287 g/mol. The zero-order valence-electron chi connectivity index (χ0n) is 12.8. The van der Waals surface area contributed by atoms with E-state index in [0.717, 1.165) is 30.9 Å². The van der Waals surface area contributed by atoms with Crippen LogP contribution in [0.3, 0.4) is 0 Å². The Hall–Kier alpha value is -1.55. The number of carbonyl (C=O) groups excluding carboxylic acids is 1. The van der Waals surface area contributed by atoms with E-state index < -0.39 is 0 Å². The Morgan fingerprint density at radius 3 is 2.71 bits per heavy atom. The molecule has 2 N–H and O–H groups in total. The summed E-state index contributed by atoms with van der Waals surface area (Å²) in [6, 6.07) is 7.01. The fourth-order valence-corrected chi connectivity index (χ4v) is 2.85. The van der Waals surface area contributed by atoms with Crippen molar-refractivity contribution in [1.82, 2.24) is 5.32 Å². The summed E-state index contributed by atoms with van der Waals surface area (Å²) in [6.07, 6.45) is 5.64. The molecule has 0 atom stereocenters. The summed E-state index contributed by atoms with van der Waals surface area (Å²) < 4.78 is 0. The molecule has 1 aromatic carbocycles. The maximum atomic E-state index is 11.9. The van der Waals surface area contributed by atoms with Crippen LogP contribution < -0.4 is 15.5 Å². The summed E-state index contributed by atoms with van der Waals surface area (Å²) in [5, 5.41) is 6.39. The average Bonchev–Trinajstić information content (AvgIpc) is 3.12. The highest BCUT2D eigenvalue weighted by Crippen LogP contribution is 2.25. The molecule has 1 heterocycles. The van der Waals surface area contributed by atoms with Crippen molar-refractivity contribution in [1.29, 1.82) is 0 Å². The Morgan fingerprint density at radius 1 is 1.29 bits per heavy atom. The first-order valence-electron chi connectivity index (χ1n) is 8.11. The lowest BCUT2D eigenvalue weighted by Gasteiger charge is -2.19. The van der Waals surface area contributed by atoms with Crippen LogP contribution in [0.2, 0.25) is 0 Å². The Bertz CT molecular complexity index is 505. The lowest BCUT2D eigenvalue weighted by Crippen LogP contribution is -2.23. The molecule has 2 aliphatic rings. The number of amides is 1. The van der Waals surface area contributed by atoms with Crippen LogP contribution in [-0.2, 0) is 4.79 Å². The predicted octanol–water partition coefficient (Wildman–Crippen LogP) is 2.68. The summed E-state index contributed by atoms with van der Waals surface area (Å²) in [7, 11) is 0. The third-order valence-corrected chi connectivity index (χ3v) is 4.32. The lowest BCUT2D eigenvalue weighted by atomic mass is 10.1. The molecule has 0 unspecified atom stereocenters. The Labute approximate surface area is 126 Å². The highest BCUT2D eigenvalue weighted by Gasteiger charge is 2.20. The van der Waals surface area contributed by atoms with E-state index in [2.05, 4.69) is 34.6 Å². The number of anilines is 2. The predicted molar refractivity (Wildman–Crippen MR) is 86.9 cm³/mol. The first-order valence-corrected chi connectivity index (χ1v) is 8.11. The molecule has 1 amide bonds. The van der Waals surface area contributed by atoms with Gasteiger partial charge in [-0.25, -0.2) is 0 Å². The number of hydrogen-bond donors (Lipinski definition) is 2. The van der Waals surface area contributed by atoms with E-state index in [0.29, 0.717) is 12.5 Å². The van der Waals surface area contributed by atoms with E-state index in [1.165, 1.54) is 31.4 Å². The number of hydrogen-bond acceptors (Lipinski definition) is 3. The lowest BCUT2D eigenvalue weighted by molar-refractivity contribution is -0.116. The van der Waals surface area contributed by atoms with Crippen molar-refractivity contribution in [2.24, 2.45) is 0 Å². The Balaban J connectivity index is 1.53. The van der Waals surface area contributed by atoms with Crippen molar-refractivity contribution in [2.45, 2.75) is 45.1 Å². The standard InChI is InChI=1S/C17H25N3O/c1-13-12-15(20-10-2-3-11-20)6-7-16(13)19-17(21)8-9-18-14-4-5-14/h6-7,12,14,18H,2-5,8-11H2,1H3,(H,19,21). The van der Waals surface area contributed by atoms with Crippen molar-refractivity contribution in [3.63, 3.8) is 0 Å². The van der Waals surface area contributed by atoms with Crippen LogP contribution in [0.1, 0.15) is 37.7 Å². The first kappa shape index (κ1) is 14.4. The van der Waals surface area contributed by atoms with Gasteiger partial charge in [-0.05, 0) is 56.4 Å². The van der Waals surface area contributed by atoms with Crippen molar-refractivity contribution in [3.05, 3.63) is 23.8 Å². The second kappa shape index (κ2) is 6.48. The number of aryl methyl sites for hydroxylation is 1. The molecule has 0 spiro atoms. The molecule has 0 aromatic heterocycles. The van der Waals surface area contributed by atoms with E-state index in [1.54, 1.807) is 0 Å². The minimum absolute atomic E-state index is 0.0974. The summed E-state index contributed by atoms with van der Waals surface area (Å²) in [4.78, 5) is 14.4. The van der Waals surface area contributed by atoms with Gasteiger partial charge in [-0.15, -0.1) is 0 Å². The van der Waals surface area contributed by atoms with Gasteiger partial charge in [0.1, 0.15) is 0 Å². The Kier molecular flexibility index (Phi) is 4.44. The van der Waals surface area contributed by atoms with Gasteiger partial charge in [0.2, 0.25) is 5.91 Å². The van der Waals surface area contributed by atoms with Crippen LogP contribution in [0.4, 0.5) is 11.4 Å². The molecule has 1 saturated carbocycles. The molecule has 2 fully saturated rings. The fraction of sp³-hybridized carbons (Fsp3) is 0.588. The molecular weight excluding hydrogens is 262 g/mol. The van der Waals surface area contributed by atoms with Crippen LogP contribution in [-0.4, -0.2) is 31.6 Å². The molecule has 1 aliphatic carbocycles. The largest absolute Gasteiger partial charge is 0.372 e. The summed E-state index contributed by atoms with van der Waals surface area (Å²) in [5.74, 6) is 0.0974. The van der Waals surface area contributed by atoms with E-state index in [9.17, 15) is 4.79 Å². The van der Waals surface area contributed by atoms with Gasteiger partial charge in [0.05, 0.1) is 0 Å². The molecule has 21 heavy (non-hydrogen) atoms. The number of benzene rings is 1. The maximum absolute atomic E-state index is 11.9. The van der Waals surface area contributed by atoms with E-state index in [1.807, 2.05) is 6.07 Å². The molecular formula is C17H25N3O. The van der Waals surface area contributed by atoms with Crippen LogP contribution in [0.15, 0.2) is 18.2 Å². The quantitative estimate of drug-likeness (QED) is 0.845. The summed E-state index contributed by atoms with van der Waals surface area (Å²) in [5.41, 5.74) is 3.36. The van der Waals surface area contributed by atoms with Gasteiger partial charge in [-0.1, -0.05) is 0 Å². The molecule has 1 saturated heterocycles. The highest BCUT2D eigenvalue weighted by molar-refractivity contribution is 5.91. The molecule has 0 bridgehead atoms. The van der Waals surface area contributed by atoms with Crippen LogP contribution >= 0.6 is 0 Å². The highest BCUT2D eigenvalue weighted by atomic mass is 16.1. The fourth-order valence-electron chi connectivity index (χ4n) is 2.85. The van der Waals surface area contributed by atoms with Gasteiger partial charge < -0.3 is 15.5 Å². The van der Waals surface area contributed by atoms with Crippen molar-refractivity contribution < 1.29 is 4.79 Å². The molecule has 3 rings (SSSR count). The summed E-state index contributed by atoms with van der Waals surface area (Å²) >= 11 is 0. The Morgan fingerprint density at radius 2 is 2.05 bits per heavy atom. The SMILES string of the molecule is Cc1cc(N2CCCC2)ccc1NC(=O)CCNC1CC1. The average molecular weight is 287 g/mol. The number of nitrogens with one attached hydrogen (secondary N) is 2. The second-order valence-electron chi connectivity index (χ2n) is 6.22. The van der Waals surface area contributed by atoms with E-state index in [-0.39, 0.29) is 5.91 Å². The van der Waals surface area contributed by atoms with Gasteiger partial charge in [-0.3, -0.25) is 4.79 Å². The van der Waals surface area contributed by atoms with Gasteiger partial charge in [0.15, 0.2) is 0 Å². The van der Waals surface area contributed by atoms with Crippen LogP contribution in [0, 0.1) is 6.92 Å². The smallest absolute Gasteiger partial charge is 0.225 e. The molecule has 4 nitrogen and oxygen atoms in total. The first-order chi connectivity index (χ1) is 10.2. The van der Waals surface area contributed by atoms with Crippen molar-refractivity contribution in [3.8, 4) is 0 Å². The minimum atomic E-state index is 0.0974. The molecule has 114 valence electrons. The van der Waals surface area contributed by atoms with Crippen LogP contribution in [0.25, 0.3) is 0 Å². The third-order valence-electron chi connectivity index (χ3n) is 4.32. The normalized spacial score (nSPS) is 18.0. The number of carbonyl (C=O) groups is 1. The van der Waals surface area contributed by atoms with Crippen molar-refractivity contribution in [2.75, 3.05) is 29.9 Å². The van der Waals surface area contributed by atoms with Gasteiger partial charge in [0, 0.05) is 43.5 Å². The molecule has 1 aromatic rings. The van der Waals surface area contributed by atoms with Gasteiger partial charge >= 0.3 is 0 Å². The minimum Gasteiger partial charge on any atom is -0.372 e. The van der Waals surface area contributed by atoms with Gasteiger partial charge in [-0.2, -0.15) is 0 Å². The van der Waals surface area contributed by atoms with E-state index >= 15 is 0 Å². The topological polar surface area (TPSA) is 44.4 Å². The molecule has 1 aliphatic heterocycles. The molecule has 0 radical (unpaired) electrons. The summed E-state index contributed by atoms with van der Waals surface area (Å²) in [6.45, 7) is 5.15. The number of nitrogens with zero attached hydrogens (tertiary/aromatic N) is 1. The third kappa shape index (κ3) is 3.97. The zero-order valence-corrected chi connectivity index (χ0v) is 12.8. The van der Waals surface area contributed by atoms with Crippen LogP contribution in [0.5, 0.6) is 0 Å². The van der Waals surface area contributed by atoms with Gasteiger partial charge in [0.25, 0.3) is 0 Å². The van der Waals surface area contributed by atoms with E-state index in [4.69, 9.17) is 0 Å². The second-order valence-corrected chi connectivity index (χ2v) is 6.22. The zero-order chi connectivity index (χ0) is 14.7. The van der Waals surface area contributed by atoms with Crippen molar-refractivity contribution >= 4 is 17.3 Å². The molecule has 4 heteroatoms. The number of rotatable bonds is 6. The maximum Gasteiger partial charge on any atom is 0.225 e.